The van der Waals surface area contributed by atoms with Crippen LogP contribution < -0.4 is 11.3 Å². The lowest BCUT2D eigenvalue weighted by molar-refractivity contribution is -0.118. The molecule has 2 N–H and O–H groups in total. The van der Waals surface area contributed by atoms with E-state index in [0.717, 1.165) is 22.8 Å². The standard InChI is InChI=1S/C26H18F3N5O2/c1-14-12-15(27)6-7-16(14)22-17-8-9-21(36)34(23-18(28)4-2-5-19(23)29)24(17)33-25(32-22)26(13-20(30)35)10-3-11-31-26/h2-12H,13H2,1H3,(H2,30,35). The van der Waals surface area contributed by atoms with E-state index in [1.807, 2.05) is 0 Å². The molecular weight excluding hydrogens is 471 g/mol. The second kappa shape index (κ2) is 8.56. The molecule has 2 aromatic carbocycles. The van der Waals surface area contributed by atoms with E-state index < -0.39 is 40.1 Å². The van der Waals surface area contributed by atoms with Gasteiger partial charge in [-0.1, -0.05) is 6.07 Å². The van der Waals surface area contributed by atoms with Crippen molar-refractivity contribution in [3.05, 3.63) is 99.9 Å². The Bertz CT molecular complexity index is 1640. The third-order valence-corrected chi connectivity index (χ3v) is 5.95. The molecule has 2 aromatic heterocycles. The van der Waals surface area contributed by atoms with E-state index in [1.54, 1.807) is 19.1 Å². The number of primary amides is 1. The van der Waals surface area contributed by atoms with Crippen molar-refractivity contribution in [3.63, 3.8) is 0 Å². The first-order valence-corrected chi connectivity index (χ1v) is 10.9. The van der Waals surface area contributed by atoms with E-state index in [1.165, 1.54) is 36.5 Å². The van der Waals surface area contributed by atoms with Gasteiger partial charge in [0.2, 0.25) is 5.91 Å². The SMILES string of the molecule is Cc1cc(F)ccc1-c1nc(C2(CC(N)=O)C=CC=N2)nc2c1ccc(=O)n2-c1c(F)cccc1F. The highest BCUT2D eigenvalue weighted by atomic mass is 19.1. The highest BCUT2D eigenvalue weighted by Gasteiger charge is 2.37. The van der Waals surface area contributed by atoms with E-state index in [4.69, 9.17) is 5.73 Å². The van der Waals surface area contributed by atoms with Crippen LogP contribution in [0, 0.1) is 24.4 Å². The number of hydrogen-bond donors (Lipinski definition) is 1. The molecule has 0 spiro atoms. The van der Waals surface area contributed by atoms with Gasteiger partial charge in [-0.25, -0.2) is 23.1 Å². The van der Waals surface area contributed by atoms with Crippen molar-refractivity contribution in [3.8, 4) is 16.9 Å². The second-order valence-electron chi connectivity index (χ2n) is 8.37. The maximum absolute atomic E-state index is 14.8. The van der Waals surface area contributed by atoms with Crippen molar-refractivity contribution < 1.29 is 18.0 Å². The molecule has 3 heterocycles. The maximum Gasteiger partial charge on any atom is 0.256 e. The topological polar surface area (TPSA) is 103 Å². The molecule has 1 aliphatic heterocycles. The first kappa shape index (κ1) is 23.2. The van der Waals surface area contributed by atoms with Crippen LogP contribution in [0.15, 0.2) is 70.5 Å². The number of aryl methyl sites for hydroxylation is 1. The number of pyridine rings is 1. The molecule has 0 radical (unpaired) electrons. The Kier molecular flexibility index (Phi) is 5.51. The number of carbonyl (C=O) groups excluding carboxylic acids is 1. The summed E-state index contributed by atoms with van der Waals surface area (Å²) in [5.41, 5.74) is 3.88. The summed E-state index contributed by atoms with van der Waals surface area (Å²) in [7, 11) is 0. The number of nitrogens with two attached hydrogens (primary N) is 1. The summed E-state index contributed by atoms with van der Waals surface area (Å²) < 4.78 is 44.4. The number of allylic oxidation sites excluding steroid dienone is 1. The number of fused-ring (bicyclic) bond motifs is 1. The van der Waals surface area contributed by atoms with Crippen LogP contribution in [0.2, 0.25) is 0 Å². The van der Waals surface area contributed by atoms with E-state index in [-0.39, 0.29) is 29.0 Å². The van der Waals surface area contributed by atoms with Gasteiger partial charge in [0.25, 0.3) is 5.56 Å². The molecule has 5 rings (SSSR count). The number of carbonyl (C=O) groups is 1. The van der Waals surface area contributed by atoms with E-state index in [2.05, 4.69) is 15.0 Å². The molecule has 0 aliphatic carbocycles. The molecule has 0 fully saturated rings. The Morgan fingerprint density at radius 3 is 2.44 bits per heavy atom. The zero-order valence-electron chi connectivity index (χ0n) is 18.9. The van der Waals surface area contributed by atoms with Crippen LogP contribution in [0.3, 0.4) is 0 Å². The molecule has 0 saturated heterocycles. The van der Waals surface area contributed by atoms with Gasteiger partial charge in [0.1, 0.15) is 28.7 Å². The number of para-hydroxylation sites is 1. The van der Waals surface area contributed by atoms with Gasteiger partial charge in [-0.2, -0.15) is 0 Å². The summed E-state index contributed by atoms with van der Waals surface area (Å²) in [4.78, 5) is 38.5. The Morgan fingerprint density at radius 1 is 1.06 bits per heavy atom. The quantitative estimate of drug-likeness (QED) is 0.460. The average molecular weight is 489 g/mol. The van der Waals surface area contributed by atoms with Crippen molar-refractivity contribution >= 4 is 23.2 Å². The van der Waals surface area contributed by atoms with Gasteiger partial charge in [-0.15, -0.1) is 0 Å². The summed E-state index contributed by atoms with van der Waals surface area (Å²) in [5.74, 6) is -3.13. The molecule has 4 aromatic rings. The summed E-state index contributed by atoms with van der Waals surface area (Å²) >= 11 is 0. The van der Waals surface area contributed by atoms with Gasteiger partial charge in [-0.05, 0) is 61.0 Å². The number of rotatable bonds is 5. The molecule has 1 aliphatic rings. The monoisotopic (exact) mass is 489 g/mol. The molecule has 0 saturated carbocycles. The van der Waals surface area contributed by atoms with Crippen LogP contribution in [0.25, 0.3) is 28.0 Å². The molecule has 180 valence electrons. The number of aromatic nitrogens is 3. The Hall–Kier alpha value is -4.60. The molecule has 7 nitrogen and oxygen atoms in total. The number of amides is 1. The number of benzene rings is 2. The molecule has 0 bridgehead atoms. The van der Waals surface area contributed by atoms with Gasteiger partial charge < -0.3 is 5.73 Å². The fourth-order valence-electron chi connectivity index (χ4n) is 4.33. The van der Waals surface area contributed by atoms with Crippen molar-refractivity contribution in [2.24, 2.45) is 10.7 Å². The molecule has 1 amide bonds. The van der Waals surface area contributed by atoms with Gasteiger partial charge >= 0.3 is 0 Å². The molecule has 36 heavy (non-hydrogen) atoms. The third kappa shape index (κ3) is 3.76. The van der Waals surface area contributed by atoms with Crippen LogP contribution in [-0.4, -0.2) is 26.7 Å². The molecule has 1 atom stereocenters. The zero-order valence-corrected chi connectivity index (χ0v) is 18.9. The van der Waals surface area contributed by atoms with Crippen LogP contribution in [0.1, 0.15) is 17.8 Å². The van der Waals surface area contributed by atoms with Crippen LogP contribution in [0.4, 0.5) is 13.2 Å². The Labute approximate surface area is 202 Å². The fourth-order valence-corrected chi connectivity index (χ4v) is 4.33. The number of nitrogens with zero attached hydrogens (tertiary/aromatic N) is 4. The zero-order chi connectivity index (χ0) is 25.6. The van der Waals surface area contributed by atoms with Crippen LogP contribution in [0.5, 0.6) is 0 Å². The highest BCUT2D eigenvalue weighted by molar-refractivity contribution is 5.92. The minimum atomic E-state index is -1.40. The van der Waals surface area contributed by atoms with Crippen molar-refractivity contribution in [2.45, 2.75) is 18.9 Å². The lowest BCUT2D eigenvalue weighted by Crippen LogP contribution is -2.30. The third-order valence-electron chi connectivity index (χ3n) is 5.95. The molecule has 10 heteroatoms. The Morgan fingerprint density at radius 2 is 1.81 bits per heavy atom. The van der Waals surface area contributed by atoms with E-state index in [0.29, 0.717) is 11.1 Å². The molecule has 1 unspecified atom stereocenters. The second-order valence-corrected chi connectivity index (χ2v) is 8.37. The lowest BCUT2D eigenvalue weighted by Gasteiger charge is -2.23. The maximum atomic E-state index is 14.8. The van der Waals surface area contributed by atoms with Crippen molar-refractivity contribution in [1.29, 1.82) is 0 Å². The number of hydrogen-bond acceptors (Lipinski definition) is 5. The predicted molar refractivity (Wildman–Crippen MR) is 128 cm³/mol. The summed E-state index contributed by atoms with van der Waals surface area (Å²) in [6.45, 7) is 1.67. The molecular formula is C26H18F3N5O2. The minimum absolute atomic E-state index is 0.0198. The van der Waals surface area contributed by atoms with E-state index >= 15 is 0 Å². The number of halogens is 3. The van der Waals surface area contributed by atoms with Gasteiger partial charge in [0.05, 0.1) is 12.1 Å². The summed E-state index contributed by atoms with van der Waals surface area (Å²) in [5, 5.41) is 0.274. The summed E-state index contributed by atoms with van der Waals surface area (Å²) in [6, 6.07) is 9.86. The predicted octanol–water partition coefficient (Wildman–Crippen LogP) is 3.88. The van der Waals surface area contributed by atoms with Crippen LogP contribution >= 0.6 is 0 Å². The fraction of sp³-hybridized carbons (Fsp3) is 0.115. The van der Waals surface area contributed by atoms with Crippen molar-refractivity contribution in [2.75, 3.05) is 0 Å². The summed E-state index contributed by atoms with van der Waals surface area (Å²) in [6.07, 6.45) is 4.33. The average Bonchev–Trinajstić information content (AvgIpc) is 3.28. The van der Waals surface area contributed by atoms with E-state index in [9.17, 15) is 22.8 Å². The van der Waals surface area contributed by atoms with Crippen LogP contribution in [-0.2, 0) is 10.3 Å². The first-order valence-electron chi connectivity index (χ1n) is 10.9. The minimum Gasteiger partial charge on any atom is -0.370 e. The lowest BCUT2D eigenvalue weighted by atomic mass is 9.94. The Balaban J connectivity index is 1.95. The van der Waals surface area contributed by atoms with Gasteiger partial charge in [-0.3, -0.25) is 19.1 Å². The smallest absolute Gasteiger partial charge is 0.256 e. The van der Waals surface area contributed by atoms with Gasteiger partial charge in [0, 0.05) is 23.2 Å². The largest absolute Gasteiger partial charge is 0.370 e. The normalized spacial score (nSPS) is 16.7. The number of aliphatic imine (C=N–C) groups is 1. The highest BCUT2D eigenvalue weighted by Crippen LogP contribution is 2.36. The van der Waals surface area contributed by atoms with Gasteiger partial charge in [0.15, 0.2) is 11.5 Å². The first-order chi connectivity index (χ1) is 17.2. The van der Waals surface area contributed by atoms with Crippen molar-refractivity contribution in [1.82, 2.24) is 14.5 Å².